The lowest BCUT2D eigenvalue weighted by Crippen LogP contribution is -2.14. The topological polar surface area (TPSA) is 69.2 Å². The van der Waals surface area contributed by atoms with Gasteiger partial charge in [0.1, 0.15) is 0 Å². The number of esters is 1. The minimum Gasteiger partial charge on any atom is -0.454 e. The highest BCUT2D eigenvalue weighted by atomic mass is 35.5. The molecule has 0 aliphatic carbocycles. The fraction of sp³-hybridized carbons (Fsp3) is 0.0345. The number of ether oxygens (including phenoxy) is 1. The van der Waals surface area contributed by atoms with Crippen molar-refractivity contribution in [2.75, 3.05) is 6.61 Å². The van der Waals surface area contributed by atoms with Crippen LogP contribution in [0.5, 0.6) is 0 Å². The van der Waals surface area contributed by atoms with E-state index in [-0.39, 0.29) is 16.1 Å². The Morgan fingerprint density at radius 1 is 0.694 bits per heavy atom. The van der Waals surface area contributed by atoms with E-state index in [0.29, 0.717) is 16.1 Å². The van der Waals surface area contributed by atoms with Crippen molar-refractivity contribution >= 4 is 78.6 Å². The Labute approximate surface area is 215 Å². The zero-order chi connectivity index (χ0) is 24.8. The van der Waals surface area contributed by atoms with E-state index in [2.05, 4.69) is 12.1 Å². The molecule has 0 aliphatic heterocycles. The summed E-state index contributed by atoms with van der Waals surface area (Å²) < 4.78 is 5.27. The third-order valence-electron chi connectivity index (χ3n) is 6.12. The summed E-state index contributed by atoms with van der Waals surface area (Å²) in [5, 5.41) is 4.82. The molecule has 5 aromatic carbocycles. The standard InChI is InChI=1S/C29H16Cl2N2O3/c30-17-10-11-22(23(31)14-17)26(34)15-36-29(35)16-9-12-24-25(13-16)33-28-21-8-4-2-6-19(21)18-5-1-3-7-20(18)27(28)32-24/h1-14H,15H2. The fourth-order valence-corrected chi connectivity index (χ4v) is 4.93. The summed E-state index contributed by atoms with van der Waals surface area (Å²) in [4.78, 5) is 35.0. The van der Waals surface area contributed by atoms with Crippen LogP contribution in [0.2, 0.25) is 10.0 Å². The molecule has 0 saturated carbocycles. The molecule has 0 fully saturated rings. The molecule has 0 atom stereocenters. The van der Waals surface area contributed by atoms with Crippen LogP contribution in [0.4, 0.5) is 0 Å². The van der Waals surface area contributed by atoms with Gasteiger partial charge in [-0.05, 0) is 47.2 Å². The van der Waals surface area contributed by atoms with Gasteiger partial charge in [0, 0.05) is 21.4 Å². The molecule has 0 N–H and O–H groups in total. The van der Waals surface area contributed by atoms with E-state index in [0.717, 1.165) is 32.6 Å². The van der Waals surface area contributed by atoms with E-state index in [1.165, 1.54) is 12.1 Å². The number of Topliss-reactive ketones (excluding diaryl/α,β-unsaturated/α-hetero) is 1. The van der Waals surface area contributed by atoms with Crippen LogP contribution < -0.4 is 0 Å². The molecular weight excluding hydrogens is 495 g/mol. The van der Waals surface area contributed by atoms with Crippen molar-refractivity contribution in [1.82, 2.24) is 9.97 Å². The van der Waals surface area contributed by atoms with Crippen LogP contribution in [0.3, 0.4) is 0 Å². The van der Waals surface area contributed by atoms with Gasteiger partial charge >= 0.3 is 5.97 Å². The van der Waals surface area contributed by atoms with Gasteiger partial charge in [0.15, 0.2) is 6.61 Å². The molecule has 0 spiro atoms. The van der Waals surface area contributed by atoms with Crippen LogP contribution in [-0.2, 0) is 4.74 Å². The second kappa shape index (κ2) is 8.86. The first kappa shape index (κ1) is 22.4. The number of carbonyl (C=O) groups excluding carboxylic acids is 2. The van der Waals surface area contributed by atoms with Gasteiger partial charge < -0.3 is 4.74 Å². The predicted octanol–water partition coefficient (Wildman–Crippen LogP) is 7.44. The van der Waals surface area contributed by atoms with Gasteiger partial charge in [-0.15, -0.1) is 0 Å². The molecule has 0 unspecified atom stereocenters. The van der Waals surface area contributed by atoms with Gasteiger partial charge in [-0.3, -0.25) is 4.79 Å². The second-order valence-corrected chi connectivity index (χ2v) is 9.18. The summed E-state index contributed by atoms with van der Waals surface area (Å²) in [6.45, 7) is -0.446. The average Bonchev–Trinajstić information content (AvgIpc) is 2.90. The summed E-state index contributed by atoms with van der Waals surface area (Å²) in [5.41, 5.74) is 3.29. The van der Waals surface area contributed by atoms with Crippen LogP contribution in [0.1, 0.15) is 20.7 Å². The van der Waals surface area contributed by atoms with Gasteiger partial charge in [0.25, 0.3) is 0 Å². The molecular formula is C29H16Cl2N2O3. The van der Waals surface area contributed by atoms with Crippen molar-refractivity contribution in [3.63, 3.8) is 0 Å². The predicted molar refractivity (Wildman–Crippen MR) is 143 cm³/mol. The Kier molecular flexibility index (Phi) is 5.52. The maximum atomic E-state index is 12.7. The molecule has 7 heteroatoms. The maximum absolute atomic E-state index is 12.7. The van der Waals surface area contributed by atoms with Gasteiger partial charge in [-0.1, -0.05) is 71.7 Å². The largest absolute Gasteiger partial charge is 0.454 e. The molecule has 6 aromatic rings. The van der Waals surface area contributed by atoms with Gasteiger partial charge in [0.2, 0.25) is 5.78 Å². The lowest BCUT2D eigenvalue weighted by Gasteiger charge is -2.10. The van der Waals surface area contributed by atoms with Crippen LogP contribution in [-0.4, -0.2) is 28.3 Å². The molecule has 0 aliphatic rings. The third kappa shape index (κ3) is 3.83. The van der Waals surface area contributed by atoms with E-state index in [9.17, 15) is 9.59 Å². The Hall–Kier alpha value is -4.06. The normalized spacial score (nSPS) is 11.4. The molecule has 6 rings (SSSR count). The SMILES string of the molecule is O=C(OCC(=O)c1ccc(Cl)cc1Cl)c1ccc2nc3c4ccccc4c4ccccc4c3nc2c1. The number of hydrogen-bond acceptors (Lipinski definition) is 5. The summed E-state index contributed by atoms with van der Waals surface area (Å²) in [7, 11) is 0. The monoisotopic (exact) mass is 510 g/mol. The van der Waals surface area contributed by atoms with Crippen molar-refractivity contribution in [2.45, 2.75) is 0 Å². The molecule has 0 saturated heterocycles. The Morgan fingerprint density at radius 2 is 1.31 bits per heavy atom. The summed E-state index contributed by atoms with van der Waals surface area (Å²) >= 11 is 12.0. The summed E-state index contributed by atoms with van der Waals surface area (Å²) in [6, 6.07) is 25.7. The Morgan fingerprint density at radius 3 is 1.94 bits per heavy atom. The van der Waals surface area contributed by atoms with E-state index >= 15 is 0 Å². The first-order chi connectivity index (χ1) is 17.5. The summed E-state index contributed by atoms with van der Waals surface area (Å²) in [5.74, 6) is -1.06. The number of rotatable bonds is 4. The van der Waals surface area contributed by atoms with E-state index < -0.39 is 18.4 Å². The second-order valence-electron chi connectivity index (χ2n) is 8.34. The number of aromatic nitrogens is 2. The molecule has 174 valence electrons. The molecule has 36 heavy (non-hydrogen) atoms. The average molecular weight is 511 g/mol. The number of ketones is 1. The van der Waals surface area contributed by atoms with Crippen LogP contribution in [0, 0.1) is 0 Å². The van der Waals surface area contributed by atoms with Gasteiger partial charge in [-0.25, -0.2) is 14.8 Å². The molecule has 1 heterocycles. The van der Waals surface area contributed by atoms with Gasteiger partial charge in [-0.2, -0.15) is 0 Å². The highest BCUT2D eigenvalue weighted by Crippen LogP contribution is 2.34. The molecule has 5 nitrogen and oxygen atoms in total. The maximum Gasteiger partial charge on any atom is 0.338 e. The fourth-order valence-electron chi connectivity index (χ4n) is 4.41. The van der Waals surface area contributed by atoms with Crippen molar-refractivity contribution < 1.29 is 14.3 Å². The van der Waals surface area contributed by atoms with Crippen molar-refractivity contribution in [2.24, 2.45) is 0 Å². The smallest absolute Gasteiger partial charge is 0.338 e. The Balaban J connectivity index is 1.37. The lowest BCUT2D eigenvalue weighted by molar-refractivity contribution is 0.0475. The summed E-state index contributed by atoms with van der Waals surface area (Å²) in [6.07, 6.45) is 0. The Bertz CT molecular complexity index is 1870. The van der Waals surface area contributed by atoms with Crippen LogP contribution >= 0.6 is 23.2 Å². The zero-order valence-corrected chi connectivity index (χ0v) is 20.2. The molecule has 1 aromatic heterocycles. The van der Waals surface area contributed by atoms with E-state index in [4.69, 9.17) is 37.9 Å². The minimum atomic E-state index is -0.638. The minimum absolute atomic E-state index is 0.205. The number of fused-ring (bicyclic) bond motifs is 7. The highest BCUT2D eigenvalue weighted by molar-refractivity contribution is 6.37. The van der Waals surface area contributed by atoms with Crippen molar-refractivity contribution in [3.8, 4) is 0 Å². The molecule has 0 amide bonds. The molecule has 0 radical (unpaired) electrons. The number of nitrogens with zero attached hydrogens (tertiary/aromatic N) is 2. The van der Waals surface area contributed by atoms with Crippen LogP contribution in [0.25, 0.3) is 43.6 Å². The first-order valence-electron chi connectivity index (χ1n) is 11.2. The zero-order valence-electron chi connectivity index (χ0n) is 18.7. The third-order valence-corrected chi connectivity index (χ3v) is 6.67. The quantitative estimate of drug-likeness (QED) is 0.107. The number of halogens is 2. The number of benzene rings is 5. The first-order valence-corrected chi connectivity index (χ1v) is 11.9. The van der Waals surface area contributed by atoms with Crippen LogP contribution in [0.15, 0.2) is 84.9 Å². The van der Waals surface area contributed by atoms with E-state index in [1.54, 1.807) is 24.3 Å². The number of carbonyl (C=O) groups is 2. The van der Waals surface area contributed by atoms with E-state index in [1.807, 2.05) is 36.4 Å². The number of hydrogen-bond donors (Lipinski definition) is 0. The van der Waals surface area contributed by atoms with Crippen molar-refractivity contribution in [1.29, 1.82) is 0 Å². The van der Waals surface area contributed by atoms with Crippen molar-refractivity contribution in [3.05, 3.63) is 106 Å². The highest BCUT2D eigenvalue weighted by Gasteiger charge is 2.17. The lowest BCUT2D eigenvalue weighted by atomic mass is 9.99. The molecule has 0 bridgehead atoms. The van der Waals surface area contributed by atoms with Gasteiger partial charge in [0.05, 0.1) is 32.7 Å².